The van der Waals surface area contributed by atoms with Crippen LogP contribution in [0.4, 0.5) is 0 Å². The SMILES string of the molecule is COc1cc(C(N)=O)nc(-c2cccc(-c3cc(C4(O)CCN(C)C4=O)on3)c2)c1. The van der Waals surface area contributed by atoms with Gasteiger partial charge >= 0.3 is 0 Å². The first-order valence-electron chi connectivity index (χ1n) is 9.23. The van der Waals surface area contributed by atoms with E-state index in [1.807, 2.05) is 12.1 Å². The topological polar surface area (TPSA) is 132 Å². The van der Waals surface area contributed by atoms with Crippen molar-refractivity contribution in [1.29, 1.82) is 0 Å². The number of benzene rings is 1. The van der Waals surface area contributed by atoms with Crippen LogP contribution in [-0.2, 0) is 10.4 Å². The average Bonchev–Trinajstić information content (AvgIpc) is 3.36. The molecular formula is C21H20N4O5. The fourth-order valence-electron chi connectivity index (χ4n) is 3.42. The summed E-state index contributed by atoms with van der Waals surface area (Å²) in [6.45, 7) is 0.435. The Balaban J connectivity index is 1.71. The molecule has 0 bridgehead atoms. The number of nitrogens with zero attached hydrogens (tertiary/aromatic N) is 3. The van der Waals surface area contributed by atoms with Gasteiger partial charge in [0.2, 0.25) is 5.60 Å². The van der Waals surface area contributed by atoms with Crippen LogP contribution in [0.5, 0.6) is 5.75 Å². The number of likely N-dealkylation sites (N-methyl/N-ethyl adjacent to an activating group) is 1. The van der Waals surface area contributed by atoms with Crippen LogP contribution in [0.2, 0.25) is 0 Å². The van der Waals surface area contributed by atoms with Crippen LogP contribution < -0.4 is 10.5 Å². The lowest BCUT2D eigenvalue weighted by atomic mass is 9.97. The molecule has 30 heavy (non-hydrogen) atoms. The number of aliphatic hydroxyl groups is 1. The molecule has 9 nitrogen and oxygen atoms in total. The number of carbonyl (C=O) groups excluding carboxylic acids is 2. The quantitative estimate of drug-likeness (QED) is 0.655. The second kappa shape index (κ2) is 7.27. The molecule has 3 heterocycles. The van der Waals surface area contributed by atoms with Crippen LogP contribution in [0.25, 0.3) is 22.5 Å². The van der Waals surface area contributed by atoms with Gasteiger partial charge < -0.3 is 25.0 Å². The van der Waals surface area contributed by atoms with Gasteiger partial charge in [0.1, 0.15) is 17.1 Å². The Labute approximate surface area is 172 Å². The second-order valence-electron chi connectivity index (χ2n) is 7.14. The smallest absolute Gasteiger partial charge is 0.267 e. The molecule has 2 amide bonds. The molecular weight excluding hydrogens is 388 g/mol. The number of ether oxygens (including phenoxy) is 1. The standard InChI is InChI=1S/C21H20N4O5/c1-25-7-6-21(28,20(25)27)18-11-16(24-30-18)13-5-3-4-12(8-13)15-9-14(29-2)10-17(23-15)19(22)26/h3-5,8-11,28H,6-7H2,1-2H3,(H2,22,26). The van der Waals surface area contributed by atoms with Gasteiger partial charge in [-0.2, -0.15) is 0 Å². The first-order valence-corrected chi connectivity index (χ1v) is 9.23. The minimum absolute atomic E-state index is 0.0876. The van der Waals surface area contributed by atoms with Crippen LogP contribution in [0.3, 0.4) is 0 Å². The number of hydrogen-bond acceptors (Lipinski definition) is 7. The molecule has 1 atom stereocenters. The highest BCUT2D eigenvalue weighted by Crippen LogP contribution is 2.35. The number of primary amides is 1. The lowest BCUT2D eigenvalue weighted by Gasteiger charge is -2.16. The normalized spacial score (nSPS) is 18.6. The van der Waals surface area contributed by atoms with Gasteiger partial charge in [0.05, 0.1) is 12.8 Å². The van der Waals surface area contributed by atoms with Gasteiger partial charge in [0, 0.05) is 49.3 Å². The van der Waals surface area contributed by atoms with E-state index in [-0.39, 0.29) is 17.9 Å². The van der Waals surface area contributed by atoms with Crippen LogP contribution in [0.1, 0.15) is 22.7 Å². The van der Waals surface area contributed by atoms with Gasteiger partial charge in [-0.3, -0.25) is 9.59 Å². The van der Waals surface area contributed by atoms with Crippen molar-refractivity contribution in [2.75, 3.05) is 20.7 Å². The van der Waals surface area contributed by atoms with Gasteiger partial charge in [-0.05, 0) is 6.07 Å². The minimum atomic E-state index is -1.71. The molecule has 1 fully saturated rings. The van der Waals surface area contributed by atoms with E-state index in [0.717, 1.165) is 0 Å². The Morgan fingerprint density at radius 1 is 1.23 bits per heavy atom. The van der Waals surface area contributed by atoms with Crippen LogP contribution >= 0.6 is 0 Å². The van der Waals surface area contributed by atoms with Crippen molar-refractivity contribution < 1.29 is 24.0 Å². The maximum absolute atomic E-state index is 12.3. The Kier molecular flexibility index (Phi) is 4.75. The van der Waals surface area contributed by atoms with E-state index < -0.39 is 17.4 Å². The maximum atomic E-state index is 12.3. The summed E-state index contributed by atoms with van der Waals surface area (Å²) in [6, 6.07) is 12.0. The lowest BCUT2D eigenvalue weighted by Crippen LogP contribution is -2.35. The molecule has 3 aromatic rings. The first kappa shape index (κ1) is 19.6. The Morgan fingerprint density at radius 2 is 1.97 bits per heavy atom. The summed E-state index contributed by atoms with van der Waals surface area (Å²) in [4.78, 5) is 29.6. The predicted octanol–water partition coefficient (Wildman–Crippen LogP) is 1.56. The van der Waals surface area contributed by atoms with Gasteiger partial charge in [0.25, 0.3) is 11.8 Å². The highest BCUT2D eigenvalue weighted by Gasteiger charge is 2.48. The summed E-state index contributed by atoms with van der Waals surface area (Å²) in [5, 5.41) is 14.8. The van der Waals surface area contributed by atoms with Crippen LogP contribution in [0.15, 0.2) is 47.0 Å². The number of methoxy groups -OCH3 is 1. The average molecular weight is 408 g/mol. The van der Waals surface area contributed by atoms with E-state index in [1.54, 1.807) is 31.3 Å². The predicted molar refractivity (Wildman–Crippen MR) is 106 cm³/mol. The summed E-state index contributed by atoms with van der Waals surface area (Å²) >= 11 is 0. The maximum Gasteiger partial charge on any atom is 0.267 e. The molecule has 9 heteroatoms. The van der Waals surface area contributed by atoms with E-state index in [4.69, 9.17) is 15.0 Å². The Bertz CT molecular complexity index is 1140. The lowest BCUT2D eigenvalue weighted by molar-refractivity contribution is -0.144. The number of amides is 2. The van der Waals surface area contributed by atoms with Crippen molar-refractivity contribution in [2.45, 2.75) is 12.0 Å². The van der Waals surface area contributed by atoms with Gasteiger partial charge in [-0.1, -0.05) is 23.4 Å². The van der Waals surface area contributed by atoms with Gasteiger partial charge in [-0.25, -0.2) is 4.98 Å². The third-order valence-electron chi connectivity index (χ3n) is 5.17. The van der Waals surface area contributed by atoms with Crippen molar-refractivity contribution in [1.82, 2.24) is 15.0 Å². The zero-order chi connectivity index (χ0) is 21.5. The molecule has 1 aliphatic heterocycles. The van der Waals surface area contributed by atoms with E-state index >= 15 is 0 Å². The second-order valence-corrected chi connectivity index (χ2v) is 7.14. The number of nitrogens with two attached hydrogens (primary N) is 1. The fourth-order valence-corrected chi connectivity index (χ4v) is 3.42. The van der Waals surface area contributed by atoms with Gasteiger partial charge in [0.15, 0.2) is 5.76 Å². The summed E-state index contributed by atoms with van der Waals surface area (Å²) in [5.41, 5.74) is 6.10. The third-order valence-corrected chi connectivity index (χ3v) is 5.17. The monoisotopic (exact) mass is 408 g/mol. The molecule has 2 aromatic heterocycles. The first-order chi connectivity index (χ1) is 14.3. The molecule has 1 aromatic carbocycles. The van der Waals surface area contributed by atoms with E-state index in [2.05, 4.69) is 10.1 Å². The van der Waals surface area contributed by atoms with Crippen molar-refractivity contribution >= 4 is 11.8 Å². The third kappa shape index (κ3) is 3.29. The Morgan fingerprint density at radius 3 is 2.60 bits per heavy atom. The number of carbonyl (C=O) groups is 2. The number of likely N-dealkylation sites (tertiary alicyclic amines) is 1. The fraction of sp³-hybridized carbons (Fsp3) is 0.238. The van der Waals surface area contributed by atoms with Crippen molar-refractivity contribution in [2.24, 2.45) is 5.73 Å². The van der Waals surface area contributed by atoms with E-state index in [0.29, 0.717) is 34.8 Å². The highest BCUT2D eigenvalue weighted by molar-refractivity contribution is 5.92. The Hall–Kier alpha value is -3.72. The van der Waals surface area contributed by atoms with E-state index in [9.17, 15) is 14.7 Å². The number of pyridine rings is 1. The highest BCUT2D eigenvalue weighted by atomic mass is 16.5. The molecule has 1 unspecified atom stereocenters. The van der Waals surface area contributed by atoms with Crippen LogP contribution in [0, 0.1) is 0 Å². The molecule has 3 N–H and O–H groups in total. The van der Waals surface area contributed by atoms with Crippen molar-refractivity contribution in [3.63, 3.8) is 0 Å². The molecule has 0 aliphatic carbocycles. The van der Waals surface area contributed by atoms with E-state index in [1.165, 1.54) is 18.1 Å². The largest absolute Gasteiger partial charge is 0.497 e. The molecule has 154 valence electrons. The molecule has 0 radical (unpaired) electrons. The number of hydrogen-bond donors (Lipinski definition) is 2. The zero-order valence-corrected chi connectivity index (χ0v) is 16.5. The van der Waals surface area contributed by atoms with Gasteiger partial charge in [-0.15, -0.1) is 0 Å². The molecule has 1 saturated heterocycles. The number of aromatic nitrogens is 2. The number of rotatable bonds is 5. The molecule has 0 saturated carbocycles. The van der Waals surface area contributed by atoms with Crippen molar-refractivity contribution in [3.05, 3.63) is 53.9 Å². The van der Waals surface area contributed by atoms with Crippen LogP contribution in [-0.4, -0.2) is 52.7 Å². The minimum Gasteiger partial charge on any atom is -0.497 e. The molecule has 1 aliphatic rings. The summed E-state index contributed by atoms with van der Waals surface area (Å²) in [6.07, 6.45) is 0.237. The zero-order valence-electron chi connectivity index (χ0n) is 16.5. The molecule has 0 spiro atoms. The molecule has 4 rings (SSSR count). The summed E-state index contributed by atoms with van der Waals surface area (Å²) in [7, 11) is 3.12. The van der Waals surface area contributed by atoms with Crippen molar-refractivity contribution in [3.8, 4) is 28.3 Å². The summed E-state index contributed by atoms with van der Waals surface area (Å²) < 4.78 is 10.5. The summed E-state index contributed by atoms with van der Waals surface area (Å²) in [5.74, 6) is -0.521.